The van der Waals surface area contributed by atoms with Crippen LogP contribution in [0.25, 0.3) is 0 Å². The van der Waals surface area contributed by atoms with E-state index in [0.29, 0.717) is 12.8 Å². The number of ether oxygens (including phenoxy) is 1. The molecule has 0 spiro atoms. The van der Waals surface area contributed by atoms with Crippen molar-refractivity contribution in [3.05, 3.63) is 47.8 Å². The Balaban J connectivity index is 3.39. The Hall–Kier alpha value is -2.35. The second-order valence-corrected chi connectivity index (χ2v) is 9.44. The highest BCUT2D eigenvalue weighted by atomic mass is 17.1. The third kappa shape index (κ3) is 8.30. The number of aliphatic hydroxyl groups is 1. The average molecular weight is 449 g/mol. The Morgan fingerprint density at radius 3 is 2.47 bits per heavy atom. The van der Waals surface area contributed by atoms with Crippen molar-refractivity contribution in [1.29, 1.82) is 0 Å². The number of aliphatic hydroxyl groups excluding tert-OH is 1. The van der Waals surface area contributed by atoms with Crippen LogP contribution in [0.3, 0.4) is 0 Å². The highest BCUT2D eigenvalue weighted by Gasteiger charge is 2.43. The van der Waals surface area contributed by atoms with Crippen molar-refractivity contribution < 1.29 is 34.4 Å². The van der Waals surface area contributed by atoms with Gasteiger partial charge in [-0.2, -0.15) is 0 Å². The third-order valence-corrected chi connectivity index (χ3v) is 5.60. The molecule has 0 heterocycles. The van der Waals surface area contributed by atoms with Gasteiger partial charge in [0, 0.05) is 24.0 Å². The summed E-state index contributed by atoms with van der Waals surface area (Å²) in [6.07, 6.45) is 10.6. The number of ketones is 2. The van der Waals surface area contributed by atoms with Crippen LogP contribution in [-0.4, -0.2) is 40.1 Å². The van der Waals surface area contributed by atoms with Crippen LogP contribution in [0.2, 0.25) is 0 Å². The van der Waals surface area contributed by atoms with Gasteiger partial charge in [-0.05, 0) is 64.9 Å². The standard InChI is InChI=1S/C25H36O7/c1-17(2)14-22(28)31-13-9-21-20(15-18(3)27)23(29)19(16-26)8-12-25(21,6)11-7-10-24(4,5)32-30/h7-10,13-14,20-21,26,30H,11-12,15-16H2,1-6H3. The lowest BCUT2D eigenvalue weighted by Gasteiger charge is -2.37. The summed E-state index contributed by atoms with van der Waals surface area (Å²) in [4.78, 5) is 41.5. The van der Waals surface area contributed by atoms with Crippen molar-refractivity contribution in [2.45, 2.75) is 66.4 Å². The minimum atomic E-state index is -0.882. The molecule has 3 atom stereocenters. The van der Waals surface area contributed by atoms with Gasteiger partial charge in [-0.1, -0.05) is 30.7 Å². The molecule has 178 valence electrons. The van der Waals surface area contributed by atoms with E-state index < -0.39 is 35.4 Å². The molecule has 7 nitrogen and oxygen atoms in total. The molecule has 0 saturated heterocycles. The van der Waals surface area contributed by atoms with E-state index in [0.717, 1.165) is 5.57 Å². The number of allylic oxidation sites excluding steroid dienone is 4. The molecule has 1 rings (SSSR count). The van der Waals surface area contributed by atoms with Crippen molar-refractivity contribution in [1.82, 2.24) is 0 Å². The predicted molar refractivity (Wildman–Crippen MR) is 121 cm³/mol. The van der Waals surface area contributed by atoms with Gasteiger partial charge < -0.3 is 14.6 Å². The Kier molecular flexibility index (Phi) is 10.4. The number of esters is 1. The first-order chi connectivity index (χ1) is 14.8. The summed E-state index contributed by atoms with van der Waals surface area (Å²) in [6, 6.07) is 0. The molecule has 1 aliphatic rings. The molecular formula is C25H36O7. The van der Waals surface area contributed by atoms with Crippen LogP contribution in [0.1, 0.15) is 60.8 Å². The van der Waals surface area contributed by atoms with Crippen LogP contribution in [-0.2, 0) is 24.0 Å². The minimum absolute atomic E-state index is 0.0116. The van der Waals surface area contributed by atoms with Crippen molar-refractivity contribution in [2.24, 2.45) is 17.3 Å². The number of Topliss-reactive ketones (excluding diaryl/α,β-unsaturated/α-hetero) is 2. The summed E-state index contributed by atoms with van der Waals surface area (Å²) in [7, 11) is 0. The van der Waals surface area contributed by atoms with Gasteiger partial charge in [-0.3, -0.25) is 10.1 Å². The number of rotatable bonds is 10. The van der Waals surface area contributed by atoms with Crippen molar-refractivity contribution in [3.63, 3.8) is 0 Å². The molecule has 0 radical (unpaired) electrons. The van der Waals surface area contributed by atoms with E-state index in [2.05, 4.69) is 4.89 Å². The Bertz CT molecular complexity index is 812. The van der Waals surface area contributed by atoms with E-state index in [4.69, 9.17) is 9.99 Å². The van der Waals surface area contributed by atoms with Gasteiger partial charge in [0.05, 0.1) is 12.9 Å². The molecule has 32 heavy (non-hydrogen) atoms. The first-order valence-corrected chi connectivity index (χ1v) is 10.7. The van der Waals surface area contributed by atoms with Gasteiger partial charge >= 0.3 is 5.97 Å². The largest absolute Gasteiger partial charge is 0.432 e. The summed E-state index contributed by atoms with van der Waals surface area (Å²) in [5, 5.41) is 18.7. The quantitative estimate of drug-likeness (QED) is 0.128. The lowest BCUT2D eigenvalue weighted by Crippen LogP contribution is -2.35. The van der Waals surface area contributed by atoms with Crippen LogP contribution < -0.4 is 0 Å². The second kappa shape index (κ2) is 12.0. The molecule has 2 N–H and O–H groups in total. The van der Waals surface area contributed by atoms with Gasteiger partial charge in [0.2, 0.25) is 0 Å². The first kappa shape index (κ1) is 27.7. The van der Waals surface area contributed by atoms with Crippen molar-refractivity contribution in [2.75, 3.05) is 6.61 Å². The highest BCUT2D eigenvalue weighted by Crippen LogP contribution is 2.46. The fraction of sp³-hybridized carbons (Fsp3) is 0.560. The Morgan fingerprint density at radius 1 is 1.28 bits per heavy atom. The summed E-state index contributed by atoms with van der Waals surface area (Å²) < 4.78 is 5.18. The number of hydrogen-bond acceptors (Lipinski definition) is 7. The van der Waals surface area contributed by atoms with E-state index in [9.17, 15) is 19.5 Å². The molecule has 0 amide bonds. The molecule has 0 fully saturated rings. The topological polar surface area (TPSA) is 110 Å². The number of carbonyl (C=O) groups is 3. The van der Waals surface area contributed by atoms with Gasteiger partial charge in [-0.25, -0.2) is 9.68 Å². The summed E-state index contributed by atoms with van der Waals surface area (Å²) in [5.74, 6) is -2.09. The van der Waals surface area contributed by atoms with Crippen LogP contribution in [0.4, 0.5) is 0 Å². The molecule has 0 saturated carbocycles. The summed E-state index contributed by atoms with van der Waals surface area (Å²) in [5.41, 5.74) is -0.341. The van der Waals surface area contributed by atoms with E-state index >= 15 is 0 Å². The zero-order valence-electron chi connectivity index (χ0n) is 19.9. The summed E-state index contributed by atoms with van der Waals surface area (Å²) >= 11 is 0. The second-order valence-electron chi connectivity index (χ2n) is 9.44. The van der Waals surface area contributed by atoms with Crippen molar-refractivity contribution >= 4 is 17.5 Å². The molecule has 0 bridgehead atoms. The molecule has 7 heteroatoms. The molecule has 0 aromatic heterocycles. The van der Waals surface area contributed by atoms with Gasteiger partial charge in [0.25, 0.3) is 0 Å². The Morgan fingerprint density at radius 2 is 1.94 bits per heavy atom. The number of carbonyl (C=O) groups excluding carboxylic acids is 3. The van der Waals surface area contributed by atoms with Crippen LogP contribution >= 0.6 is 0 Å². The molecular weight excluding hydrogens is 412 g/mol. The predicted octanol–water partition coefficient (Wildman–Crippen LogP) is 4.33. The molecule has 3 unspecified atom stereocenters. The lowest BCUT2D eigenvalue weighted by atomic mass is 9.66. The SMILES string of the molecule is CC(=O)CC1C(=O)C(CO)=CCC(C)(CC=CC(C)(C)OO)C1C=COC(=O)C=C(C)C. The number of hydrogen-bond donors (Lipinski definition) is 2. The van der Waals surface area contributed by atoms with Gasteiger partial charge in [0.15, 0.2) is 5.78 Å². The first-order valence-electron chi connectivity index (χ1n) is 10.7. The highest BCUT2D eigenvalue weighted by molar-refractivity contribution is 6.00. The minimum Gasteiger partial charge on any atom is -0.432 e. The maximum absolute atomic E-state index is 13.1. The van der Waals surface area contributed by atoms with E-state index in [1.54, 1.807) is 45.9 Å². The monoisotopic (exact) mass is 448 g/mol. The van der Waals surface area contributed by atoms with E-state index in [-0.39, 0.29) is 23.6 Å². The van der Waals surface area contributed by atoms with Crippen LogP contribution in [0.5, 0.6) is 0 Å². The lowest BCUT2D eigenvalue weighted by molar-refractivity contribution is -0.297. The molecule has 0 aromatic carbocycles. The van der Waals surface area contributed by atoms with Gasteiger partial charge in [-0.15, -0.1) is 0 Å². The third-order valence-electron chi connectivity index (χ3n) is 5.60. The average Bonchev–Trinajstić information content (AvgIpc) is 2.77. The molecule has 1 aliphatic carbocycles. The fourth-order valence-electron chi connectivity index (χ4n) is 3.84. The zero-order chi connectivity index (χ0) is 24.5. The maximum Gasteiger partial charge on any atom is 0.335 e. The zero-order valence-corrected chi connectivity index (χ0v) is 19.9. The van der Waals surface area contributed by atoms with Crippen LogP contribution in [0.15, 0.2) is 47.8 Å². The fourth-order valence-corrected chi connectivity index (χ4v) is 3.84. The smallest absolute Gasteiger partial charge is 0.335 e. The summed E-state index contributed by atoms with van der Waals surface area (Å²) in [6.45, 7) is 9.96. The van der Waals surface area contributed by atoms with E-state index in [1.807, 2.05) is 13.0 Å². The van der Waals surface area contributed by atoms with Crippen LogP contribution in [0, 0.1) is 17.3 Å². The maximum atomic E-state index is 13.1. The van der Waals surface area contributed by atoms with E-state index in [1.165, 1.54) is 19.3 Å². The Labute approximate surface area is 190 Å². The van der Waals surface area contributed by atoms with Crippen molar-refractivity contribution in [3.8, 4) is 0 Å². The molecule has 0 aliphatic heterocycles. The van der Waals surface area contributed by atoms with Gasteiger partial charge in [0.1, 0.15) is 11.4 Å². The molecule has 0 aromatic rings. The normalized spacial score (nSPS) is 24.4.